The molecule has 1 aliphatic heterocycles. The quantitative estimate of drug-likeness (QED) is 0.749. The van der Waals surface area contributed by atoms with E-state index < -0.39 is 5.91 Å². The lowest BCUT2D eigenvalue weighted by molar-refractivity contribution is 0.0604. The summed E-state index contributed by atoms with van der Waals surface area (Å²) in [5.41, 5.74) is 0.928. The van der Waals surface area contributed by atoms with Crippen molar-refractivity contribution in [2.45, 2.75) is 45.6 Å². The van der Waals surface area contributed by atoms with Crippen molar-refractivity contribution in [2.24, 2.45) is 0 Å². The van der Waals surface area contributed by atoms with Crippen LogP contribution in [0.25, 0.3) is 5.52 Å². The number of nitrogens with zero attached hydrogens (tertiary/aromatic N) is 4. The first-order chi connectivity index (χ1) is 13.6. The molecule has 4 heterocycles. The van der Waals surface area contributed by atoms with E-state index in [0.717, 1.165) is 32.2 Å². The van der Waals surface area contributed by atoms with E-state index >= 15 is 0 Å². The van der Waals surface area contributed by atoms with E-state index in [0.29, 0.717) is 22.8 Å². The lowest BCUT2D eigenvalue weighted by Gasteiger charge is -2.34. The predicted octanol–water partition coefficient (Wildman–Crippen LogP) is 3.29. The Morgan fingerprint density at radius 1 is 1.32 bits per heavy atom. The molecule has 0 bridgehead atoms. The van der Waals surface area contributed by atoms with Crippen molar-refractivity contribution in [1.29, 1.82) is 0 Å². The zero-order valence-electron chi connectivity index (χ0n) is 16.0. The Kier molecular flexibility index (Phi) is 4.85. The number of amides is 2. The molecule has 4 rings (SSSR count). The van der Waals surface area contributed by atoms with Gasteiger partial charge in [0, 0.05) is 24.8 Å². The lowest BCUT2D eigenvalue weighted by Crippen LogP contribution is -2.43. The topological polar surface area (TPSA) is 92.7 Å². The van der Waals surface area contributed by atoms with Gasteiger partial charge in [0.2, 0.25) is 5.82 Å². The Morgan fingerprint density at radius 2 is 2.18 bits per heavy atom. The first-order valence-corrected chi connectivity index (χ1v) is 9.61. The fraction of sp³-hybridized carbons (Fsp3) is 0.400. The molecule has 3 aromatic heterocycles. The Labute approximate surface area is 162 Å². The van der Waals surface area contributed by atoms with Crippen LogP contribution in [0.3, 0.4) is 0 Å². The molecule has 28 heavy (non-hydrogen) atoms. The zero-order chi connectivity index (χ0) is 19.7. The third-order valence-corrected chi connectivity index (χ3v) is 5.18. The van der Waals surface area contributed by atoms with Gasteiger partial charge in [-0.25, -0.2) is 4.98 Å². The number of aryl methyl sites for hydroxylation is 1. The van der Waals surface area contributed by atoms with Crippen molar-refractivity contribution in [3.63, 3.8) is 0 Å². The van der Waals surface area contributed by atoms with Crippen molar-refractivity contribution in [2.75, 3.05) is 11.9 Å². The Hall–Kier alpha value is -3.16. The van der Waals surface area contributed by atoms with E-state index in [-0.39, 0.29) is 17.8 Å². The summed E-state index contributed by atoms with van der Waals surface area (Å²) >= 11 is 0. The van der Waals surface area contributed by atoms with E-state index in [4.69, 9.17) is 4.52 Å². The number of nitrogens with one attached hydrogen (secondary N) is 1. The first-order valence-electron chi connectivity index (χ1n) is 9.61. The van der Waals surface area contributed by atoms with Crippen LogP contribution in [0.1, 0.15) is 59.5 Å². The molecule has 0 saturated carbocycles. The third-order valence-electron chi connectivity index (χ3n) is 5.18. The molecule has 1 fully saturated rings. The molecule has 0 radical (unpaired) electrons. The number of piperidine rings is 1. The van der Waals surface area contributed by atoms with E-state index in [9.17, 15) is 9.59 Å². The van der Waals surface area contributed by atoms with E-state index in [1.165, 1.54) is 0 Å². The van der Waals surface area contributed by atoms with E-state index in [1.807, 2.05) is 17.0 Å². The van der Waals surface area contributed by atoms with Crippen LogP contribution in [0.15, 0.2) is 35.0 Å². The van der Waals surface area contributed by atoms with Crippen molar-refractivity contribution in [1.82, 2.24) is 19.4 Å². The smallest absolute Gasteiger partial charge is 0.293 e. The van der Waals surface area contributed by atoms with Crippen LogP contribution < -0.4 is 5.32 Å². The van der Waals surface area contributed by atoms with Gasteiger partial charge in [0.1, 0.15) is 5.76 Å². The monoisotopic (exact) mass is 381 g/mol. The number of pyridine rings is 1. The highest BCUT2D eigenvalue weighted by Crippen LogP contribution is 2.24. The van der Waals surface area contributed by atoms with Crippen LogP contribution >= 0.6 is 0 Å². The highest BCUT2D eigenvalue weighted by Gasteiger charge is 2.30. The Morgan fingerprint density at radius 3 is 2.93 bits per heavy atom. The molecule has 1 N–H and O–H groups in total. The zero-order valence-corrected chi connectivity index (χ0v) is 16.0. The molecule has 8 heteroatoms. The average molecular weight is 381 g/mol. The van der Waals surface area contributed by atoms with Gasteiger partial charge in [-0.05, 0) is 44.7 Å². The summed E-state index contributed by atoms with van der Waals surface area (Å²) in [7, 11) is 0. The standard InChI is InChI=1S/C20H23N5O3/c1-3-14-8-4-6-10-24(14)20(27)17-15-9-5-7-11-25(15)18(22-17)19(26)21-16-12-13(2)28-23-16/h5,7,9,11-12,14H,3-4,6,8,10H2,1-2H3,(H,21,23,26). The van der Waals surface area contributed by atoms with Crippen LogP contribution in [0.2, 0.25) is 0 Å². The molecule has 2 amide bonds. The summed E-state index contributed by atoms with van der Waals surface area (Å²) in [6.07, 6.45) is 5.78. The molecule has 1 unspecified atom stereocenters. The van der Waals surface area contributed by atoms with E-state index in [2.05, 4.69) is 22.4 Å². The Bertz CT molecular complexity index is 1020. The highest BCUT2D eigenvalue weighted by atomic mass is 16.5. The van der Waals surface area contributed by atoms with Crippen molar-refractivity contribution in [3.05, 3.63) is 47.7 Å². The van der Waals surface area contributed by atoms with Gasteiger partial charge in [-0.2, -0.15) is 0 Å². The van der Waals surface area contributed by atoms with Gasteiger partial charge in [0.05, 0.1) is 5.52 Å². The molecule has 146 valence electrons. The maximum atomic E-state index is 13.3. The second kappa shape index (κ2) is 7.46. The summed E-state index contributed by atoms with van der Waals surface area (Å²) in [5, 5.41) is 6.45. The fourth-order valence-corrected chi connectivity index (χ4v) is 3.78. The van der Waals surface area contributed by atoms with Crippen LogP contribution in [0.4, 0.5) is 5.82 Å². The van der Waals surface area contributed by atoms with Gasteiger partial charge in [-0.15, -0.1) is 0 Å². The summed E-state index contributed by atoms with van der Waals surface area (Å²) in [5.74, 6) is 0.482. The summed E-state index contributed by atoms with van der Waals surface area (Å²) < 4.78 is 6.62. The number of hydrogen-bond donors (Lipinski definition) is 1. The van der Waals surface area contributed by atoms with Gasteiger partial charge in [-0.1, -0.05) is 18.1 Å². The van der Waals surface area contributed by atoms with E-state index in [1.54, 1.807) is 29.7 Å². The minimum Gasteiger partial charge on any atom is -0.360 e. The van der Waals surface area contributed by atoms with Crippen molar-refractivity contribution >= 4 is 23.1 Å². The Balaban J connectivity index is 1.70. The molecule has 1 aliphatic rings. The van der Waals surface area contributed by atoms with Crippen molar-refractivity contribution in [3.8, 4) is 0 Å². The summed E-state index contributed by atoms with van der Waals surface area (Å²) in [4.78, 5) is 32.4. The first kappa shape index (κ1) is 18.2. The molecule has 0 aliphatic carbocycles. The molecule has 0 aromatic carbocycles. The molecule has 3 aromatic rings. The molecule has 1 atom stereocenters. The number of carbonyl (C=O) groups excluding carboxylic acids is 2. The normalized spacial score (nSPS) is 17.1. The third kappa shape index (κ3) is 3.26. The molecular formula is C20H23N5O3. The van der Waals surface area contributed by atoms with Gasteiger partial charge >= 0.3 is 0 Å². The van der Waals surface area contributed by atoms with Crippen molar-refractivity contribution < 1.29 is 14.1 Å². The largest absolute Gasteiger partial charge is 0.360 e. The minimum absolute atomic E-state index is 0.119. The van der Waals surface area contributed by atoms with Crippen LogP contribution in [0, 0.1) is 6.92 Å². The van der Waals surface area contributed by atoms with Gasteiger partial charge in [0.25, 0.3) is 11.8 Å². The number of aromatic nitrogens is 3. The number of likely N-dealkylation sites (tertiary alicyclic amines) is 1. The predicted molar refractivity (Wildman–Crippen MR) is 103 cm³/mol. The molecule has 8 nitrogen and oxygen atoms in total. The lowest BCUT2D eigenvalue weighted by atomic mass is 9.99. The summed E-state index contributed by atoms with van der Waals surface area (Å²) in [6.45, 7) is 4.57. The molecular weight excluding hydrogens is 358 g/mol. The minimum atomic E-state index is -0.445. The number of carbonyl (C=O) groups is 2. The van der Waals surface area contributed by atoms with Crippen LogP contribution in [-0.4, -0.2) is 43.8 Å². The van der Waals surface area contributed by atoms with Crippen LogP contribution in [0.5, 0.6) is 0 Å². The SMILES string of the molecule is CCC1CCCCN1C(=O)c1nc(C(=O)Nc2cc(C)on2)n2ccccc12. The maximum Gasteiger partial charge on any atom is 0.293 e. The highest BCUT2D eigenvalue weighted by molar-refractivity contribution is 6.05. The van der Waals surface area contributed by atoms with Gasteiger partial charge in [-0.3, -0.25) is 14.0 Å². The number of hydrogen-bond acceptors (Lipinski definition) is 5. The number of fused-ring (bicyclic) bond motifs is 1. The second-order valence-corrected chi connectivity index (χ2v) is 7.07. The maximum absolute atomic E-state index is 13.3. The second-order valence-electron chi connectivity index (χ2n) is 7.07. The number of imidazole rings is 1. The van der Waals surface area contributed by atoms with Crippen LogP contribution in [-0.2, 0) is 0 Å². The number of anilines is 1. The fourth-order valence-electron chi connectivity index (χ4n) is 3.78. The summed E-state index contributed by atoms with van der Waals surface area (Å²) in [6, 6.07) is 7.29. The molecule has 0 spiro atoms. The molecule has 1 saturated heterocycles. The average Bonchev–Trinajstić information content (AvgIpc) is 3.31. The number of rotatable bonds is 4. The van der Waals surface area contributed by atoms with Gasteiger partial charge < -0.3 is 14.7 Å². The van der Waals surface area contributed by atoms with Gasteiger partial charge in [0.15, 0.2) is 11.5 Å².